The molecule has 120 valence electrons. The van der Waals surface area contributed by atoms with E-state index in [0.717, 1.165) is 17.7 Å². The van der Waals surface area contributed by atoms with E-state index in [2.05, 4.69) is 5.32 Å². The van der Waals surface area contributed by atoms with E-state index in [1.165, 1.54) is 0 Å². The van der Waals surface area contributed by atoms with Crippen LogP contribution in [0.25, 0.3) is 0 Å². The van der Waals surface area contributed by atoms with Crippen LogP contribution in [0.4, 0.5) is 0 Å². The van der Waals surface area contributed by atoms with Crippen molar-refractivity contribution in [1.82, 2.24) is 5.32 Å². The highest BCUT2D eigenvalue weighted by Crippen LogP contribution is 2.25. The molecule has 0 amide bonds. The molecular weight excluding hydrogens is 314 g/mol. The second-order valence-electron chi connectivity index (χ2n) is 5.57. The van der Waals surface area contributed by atoms with Gasteiger partial charge in [-0.1, -0.05) is 35.9 Å². The highest BCUT2D eigenvalue weighted by molar-refractivity contribution is 6.30. The summed E-state index contributed by atoms with van der Waals surface area (Å²) in [5.41, 5.74) is 2.84. The van der Waals surface area contributed by atoms with Crippen molar-refractivity contribution in [3.63, 3.8) is 0 Å². The largest absolute Gasteiger partial charge is 0.508 e. The number of fused-ring (bicyclic) bond motifs is 1. The lowest BCUT2D eigenvalue weighted by Gasteiger charge is -2.24. The van der Waals surface area contributed by atoms with Gasteiger partial charge < -0.3 is 15.2 Å². The molecule has 0 saturated heterocycles. The minimum Gasteiger partial charge on any atom is -0.508 e. The van der Waals surface area contributed by atoms with Gasteiger partial charge in [-0.3, -0.25) is 4.79 Å². The highest BCUT2D eigenvalue weighted by atomic mass is 35.5. The van der Waals surface area contributed by atoms with Crippen LogP contribution in [-0.2, 0) is 22.5 Å². The summed E-state index contributed by atoms with van der Waals surface area (Å²) in [5, 5.41) is 13.6. The van der Waals surface area contributed by atoms with Gasteiger partial charge in [0.2, 0.25) is 0 Å². The van der Waals surface area contributed by atoms with Gasteiger partial charge in [-0.2, -0.15) is 0 Å². The Labute approximate surface area is 140 Å². The van der Waals surface area contributed by atoms with Crippen molar-refractivity contribution in [2.24, 2.45) is 0 Å². The van der Waals surface area contributed by atoms with Crippen LogP contribution in [-0.4, -0.2) is 24.2 Å². The summed E-state index contributed by atoms with van der Waals surface area (Å²) < 4.78 is 5.40. The Hall–Kier alpha value is -2.04. The van der Waals surface area contributed by atoms with Gasteiger partial charge in [-0.05, 0) is 34.9 Å². The lowest BCUT2D eigenvalue weighted by Crippen LogP contribution is -2.33. The molecule has 0 bridgehead atoms. The average Bonchev–Trinajstić information content (AvgIpc) is 2.57. The quantitative estimate of drug-likeness (QED) is 0.846. The van der Waals surface area contributed by atoms with E-state index in [4.69, 9.17) is 16.3 Å². The van der Waals surface area contributed by atoms with Crippen LogP contribution in [0.5, 0.6) is 5.75 Å². The van der Waals surface area contributed by atoms with Gasteiger partial charge >= 0.3 is 5.97 Å². The average molecular weight is 332 g/mol. The molecule has 3 rings (SSSR count). The maximum atomic E-state index is 12.4. The van der Waals surface area contributed by atoms with Crippen molar-refractivity contribution in [3.8, 4) is 5.75 Å². The van der Waals surface area contributed by atoms with Crippen LogP contribution in [0, 0.1) is 0 Å². The number of phenolic OH excluding ortho intramolecular Hbond substituents is 1. The van der Waals surface area contributed by atoms with E-state index < -0.39 is 0 Å². The smallest absolute Gasteiger partial charge is 0.314 e. The second-order valence-corrected chi connectivity index (χ2v) is 6.01. The second kappa shape index (κ2) is 7.02. The lowest BCUT2D eigenvalue weighted by molar-refractivity contribution is -0.145. The zero-order valence-electron chi connectivity index (χ0n) is 12.6. The van der Waals surface area contributed by atoms with Gasteiger partial charge in [0.15, 0.2) is 0 Å². The fourth-order valence-electron chi connectivity index (χ4n) is 2.82. The lowest BCUT2D eigenvalue weighted by atomic mass is 9.91. The summed E-state index contributed by atoms with van der Waals surface area (Å²) in [6, 6.07) is 12.8. The molecule has 0 aliphatic carbocycles. The van der Waals surface area contributed by atoms with E-state index in [-0.39, 0.29) is 24.2 Å². The van der Waals surface area contributed by atoms with Crippen molar-refractivity contribution in [2.45, 2.75) is 18.9 Å². The Morgan fingerprint density at radius 3 is 3.00 bits per heavy atom. The number of phenols is 1. The normalized spacial score (nSPS) is 16.7. The molecule has 0 fully saturated rings. The zero-order chi connectivity index (χ0) is 16.2. The molecule has 0 spiro atoms. The molecule has 1 heterocycles. The van der Waals surface area contributed by atoms with Gasteiger partial charge in [-0.15, -0.1) is 0 Å². The Kier molecular flexibility index (Phi) is 4.84. The summed E-state index contributed by atoms with van der Waals surface area (Å²) in [7, 11) is 0. The van der Waals surface area contributed by atoms with E-state index >= 15 is 0 Å². The minimum absolute atomic E-state index is 0.162. The number of halogens is 1. The Morgan fingerprint density at radius 2 is 2.13 bits per heavy atom. The first kappa shape index (κ1) is 15.8. The number of carbonyl (C=O) groups excluding carboxylic acids is 1. The van der Waals surface area contributed by atoms with Crippen molar-refractivity contribution in [2.75, 3.05) is 13.2 Å². The predicted octanol–water partition coefficient (Wildman–Crippen LogP) is 3.02. The molecule has 4 nitrogen and oxygen atoms in total. The van der Waals surface area contributed by atoms with Crippen LogP contribution in [0.1, 0.15) is 22.6 Å². The minimum atomic E-state index is -0.284. The van der Waals surface area contributed by atoms with E-state index in [1.54, 1.807) is 18.2 Å². The number of hydrogen-bond acceptors (Lipinski definition) is 4. The topological polar surface area (TPSA) is 58.6 Å². The number of aromatic hydroxyl groups is 1. The van der Waals surface area contributed by atoms with Gasteiger partial charge in [0, 0.05) is 24.5 Å². The van der Waals surface area contributed by atoms with Gasteiger partial charge in [0.05, 0.1) is 12.5 Å². The first-order valence-electron chi connectivity index (χ1n) is 7.57. The molecule has 23 heavy (non-hydrogen) atoms. The number of esters is 1. The van der Waals surface area contributed by atoms with Crippen LogP contribution in [0.2, 0.25) is 5.02 Å². The molecule has 1 atom stereocenters. The maximum Gasteiger partial charge on any atom is 0.314 e. The third-order valence-electron chi connectivity index (χ3n) is 4.04. The molecule has 0 radical (unpaired) electrons. The van der Waals surface area contributed by atoms with Crippen molar-refractivity contribution >= 4 is 17.6 Å². The van der Waals surface area contributed by atoms with E-state index in [1.807, 2.05) is 24.3 Å². The first-order valence-corrected chi connectivity index (χ1v) is 7.95. The molecule has 1 aliphatic rings. The standard InChI is InChI=1S/C18H18ClNO3/c19-14-5-6-17(21)12(9-14)7-8-23-18(22)16-11-20-10-13-3-1-2-4-15(13)16/h1-6,9,16,20-21H,7-8,10-11H2. The molecule has 2 aromatic carbocycles. The van der Waals surface area contributed by atoms with E-state index in [9.17, 15) is 9.90 Å². The summed E-state index contributed by atoms with van der Waals surface area (Å²) in [6.07, 6.45) is 0.430. The van der Waals surface area contributed by atoms with Crippen LogP contribution in [0.3, 0.4) is 0 Å². The Bertz CT molecular complexity index is 717. The maximum absolute atomic E-state index is 12.4. The van der Waals surface area contributed by atoms with E-state index in [0.29, 0.717) is 23.6 Å². The Balaban J connectivity index is 1.61. The highest BCUT2D eigenvalue weighted by Gasteiger charge is 2.27. The number of nitrogens with one attached hydrogen (secondary N) is 1. The van der Waals surface area contributed by atoms with Crippen LogP contribution in [0.15, 0.2) is 42.5 Å². The van der Waals surface area contributed by atoms with Crippen molar-refractivity contribution < 1.29 is 14.6 Å². The van der Waals surface area contributed by atoms with Crippen molar-refractivity contribution in [3.05, 3.63) is 64.2 Å². The third-order valence-corrected chi connectivity index (χ3v) is 4.27. The van der Waals surface area contributed by atoms with Gasteiger partial charge in [0.25, 0.3) is 0 Å². The molecule has 0 saturated carbocycles. The first-order chi connectivity index (χ1) is 11.1. The molecular formula is C18H18ClNO3. The van der Waals surface area contributed by atoms with Gasteiger partial charge in [0.1, 0.15) is 5.75 Å². The predicted molar refractivity (Wildman–Crippen MR) is 88.7 cm³/mol. The SMILES string of the molecule is O=C(OCCc1cc(Cl)ccc1O)C1CNCc2ccccc21. The van der Waals surface area contributed by atoms with Crippen LogP contribution < -0.4 is 5.32 Å². The molecule has 1 aliphatic heterocycles. The zero-order valence-corrected chi connectivity index (χ0v) is 13.3. The third kappa shape index (κ3) is 3.66. The molecule has 0 aromatic heterocycles. The number of benzene rings is 2. The molecule has 1 unspecified atom stereocenters. The fraction of sp³-hybridized carbons (Fsp3) is 0.278. The number of ether oxygens (including phenoxy) is 1. The van der Waals surface area contributed by atoms with Crippen molar-refractivity contribution in [1.29, 1.82) is 0 Å². The summed E-state index contributed by atoms with van der Waals surface area (Å²) in [6.45, 7) is 1.57. The monoisotopic (exact) mass is 331 g/mol. The fourth-order valence-corrected chi connectivity index (χ4v) is 3.02. The summed E-state index contributed by atoms with van der Waals surface area (Å²) in [4.78, 5) is 12.4. The number of carbonyl (C=O) groups is 1. The summed E-state index contributed by atoms with van der Waals surface area (Å²) >= 11 is 5.91. The molecule has 5 heteroatoms. The summed E-state index contributed by atoms with van der Waals surface area (Å²) in [5.74, 6) is -0.366. The molecule has 2 aromatic rings. The van der Waals surface area contributed by atoms with Gasteiger partial charge in [-0.25, -0.2) is 0 Å². The number of hydrogen-bond donors (Lipinski definition) is 2. The molecule has 2 N–H and O–H groups in total. The Morgan fingerprint density at radius 1 is 1.30 bits per heavy atom. The van der Waals surface area contributed by atoms with Crippen LogP contribution >= 0.6 is 11.6 Å². The number of rotatable bonds is 4.